The number of hydrogen-bond acceptors (Lipinski definition) is 4. The first-order valence-corrected chi connectivity index (χ1v) is 5.73. The van der Waals surface area contributed by atoms with Gasteiger partial charge in [0.15, 0.2) is 12.0 Å². The molecule has 0 aliphatic carbocycles. The van der Waals surface area contributed by atoms with Crippen LogP contribution in [0.15, 0.2) is 22.5 Å². The molecule has 1 aliphatic heterocycles. The van der Waals surface area contributed by atoms with E-state index < -0.39 is 0 Å². The van der Waals surface area contributed by atoms with Gasteiger partial charge in [-0.1, -0.05) is 6.07 Å². The van der Waals surface area contributed by atoms with Gasteiger partial charge in [0.05, 0.1) is 0 Å². The van der Waals surface area contributed by atoms with Crippen LogP contribution in [0.2, 0.25) is 0 Å². The van der Waals surface area contributed by atoms with Crippen LogP contribution >= 0.6 is 11.3 Å². The minimum atomic E-state index is -0.369. The van der Waals surface area contributed by atoms with Crippen LogP contribution in [0.25, 0.3) is 0 Å². The van der Waals surface area contributed by atoms with Crippen molar-refractivity contribution in [2.24, 2.45) is 4.99 Å². The Kier molecular flexibility index (Phi) is 2.73. The van der Waals surface area contributed by atoms with Crippen molar-refractivity contribution in [2.45, 2.75) is 25.9 Å². The first-order valence-electron chi connectivity index (χ1n) is 4.85. The third-order valence-corrected chi connectivity index (χ3v) is 2.91. The van der Waals surface area contributed by atoms with Crippen molar-refractivity contribution < 1.29 is 4.79 Å². The second-order valence-electron chi connectivity index (χ2n) is 3.68. The molecule has 2 rings (SSSR count). The number of carbonyl (C=O) groups excluding carboxylic acids is 1. The van der Waals surface area contributed by atoms with E-state index in [0.717, 1.165) is 4.88 Å². The van der Waals surface area contributed by atoms with E-state index in [1.807, 2.05) is 31.4 Å². The number of nitrogens with one attached hydrogen (secondary N) is 2. The van der Waals surface area contributed by atoms with Gasteiger partial charge in [-0.05, 0) is 25.3 Å². The summed E-state index contributed by atoms with van der Waals surface area (Å²) in [5.74, 6) is 0.522. The number of amides is 1. The van der Waals surface area contributed by atoms with Crippen molar-refractivity contribution >= 4 is 23.2 Å². The van der Waals surface area contributed by atoms with E-state index in [4.69, 9.17) is 0 Å². The summed E-state index contributed by atoms with van der Waals surface area (Å²) in [6.07, 6.45) is 0. The van der Waals surface area contributed by atoms with E-state index in [2.05, 4.69) is 15.6 Å². The molecule has 1 unspecified atom stereocenters. The quantitative estimate of drug-likeness (QED) is 0.793. The number of nitrogens with zero attached hydrogens (tertiary/aromatic N) is 1. The van der Waals surface area contributed by atoms with E-state index in [1.165, 1.54) is 0 Å². The fourth-order valence-corrected chi connectivity index (χ4v) is 2.15. The molecule has 0 fully saturated rings. The maximum Gasteiger partial charge on any atom is 0.257 e. The van der Waals surface area contributed by atoms with Crippen LogP contribution in [0, 0.1) is 0 Å². The lowest BCUT2D eigenvalue weighted by molar-refractivity contribution is -0.120. The standard InChI is InChI=1S/C10H13N3OS/c1-6(2)11-10-12-8(9(14)13-10)7-4-3-5-15-7/h3-6,8H,1-2H3,(H2,11,12,13,14). The summed E-state index contributed by atoms with van der Waals surface area (Å²) in [4.78, 5) is 16.9. The predicted octanol–water partition coefficient (Wildman–Crippen LogP) is 1.27. The zero-order chi connectivity index (χ0) is 10.8. The molecule has 4 nitrogen and oxygen atoms in total. The van der Waals surface area contributed by atoms with Gasteiger partial charge in [0.2, 0.25) is 0 Å². The van der Waals surface area contributed by atoms with Crippen molar-refractivity contribution in [3.8, 4) is 0 Å². The second kappa shape index (κ2) is 4.02. The van der Waals surface area contributed by atoms with Crippen LogP contribution in [-0.4, -0.2) is 17.9 Å². The lowest BCUT2D eigenvalue weighted by Gasteiger charge is -2.07. The molecule has 0 saturated heterocycles. The number of hydrogen-bond donors (Lipinski definition) is 2. The highest BCUT2D eigenvalue weighted by Gasteiger charge is 2.28. The van der Waals surface area contributed by atoms with E-state index >= 15 is 0 Å². The summed E-state index contributed by atoms with van der Waals surface area (Å²) >= 11 is 1.55. The molecule has 1 atom stereocenters. The molecule has 15 heavy (non-hydrogen) atoms. The Balaban J connectivity index is 2.14. The zero-order valence-corrected chi connectivity index (χ0v) is 9.47. The Labute approximate surface area is 92.4 Å². The van der Waals surface area contributed by atoms with E-state index in [-0.39, 0.29) is 18.0 Å². The van der Waals surface area contributed by atoms with Crippen molar-refractivity contribution in [1.82, 2.24) is 10.6 Å². The molecule has 0 bridgehead atoms. The summed E-state index contributed by atoms with van der Waals surface area (Å²) in [5.41, 5.74) is 0. The smallest absolute Gasteiger partial charge is 0.257 e. The van der Waals surface area contributed by atoms with Gasteiger partial charge in [0.1, 0.15) is 0 Å². The van der Waals surface area contributed by atoms with Gasteiger partial charge in [-0.3, -0.25) is 10.1 Å². The number of carbonyl (C=O) groups is 1. The van der Waals surface area contributed by atoms with E-state index in [0.29, 0.717) is 5.96 Å². The molecule has 2 N–H and O–H groups in total. The lowest BCUT2D eigenvalue weighted by Crippen LogP contribution is -2.40. The molecule has 0 aromatic carbocycles. The molecular weight excluding hydrogens is 210 g/mol. The molecule has 0 spiro atoms. The summed E-state index contributed by atoms with van der Waals surface area (Å²) < 4.78 is 0. The Bertz CT molecular complexity index is 383. The molecule has 1 aliphatic rings. The first kappa shape index (κ1) is 10.2. The van der Waals surface area contributed by atoms with Crippen LogP contribution < -0.4 is 10.6 Å². The Hall–Kier alpha value is -1.36. The van der Waals surface area contributed by atoms with Gasteiger partial charge in [0.25, 0.3) is 5.91 Å². The van der Waals surface area contributed by atoms with Gasteiger partial charge in [-0.15, -0.1) is 11.3 Å². The van der Waals surface area contributed by atoms with Gasteiger partial charge < -0.3 is 5.32 Å². The average Bonchev–Trinajstić information content (AvgIpc) is 2.72. The second-order valence-corrected chi connectivity index (χ2v) is 4.66. The van der Waals surface area contributed by atoms with Crippen LogP contribution in [0.5, 0.6) is 0 Å². The van der Waals surface area contributed by atoms with Gasteiger partial charge in [0, 0.05) is 10.9 Å². The van der Waals surface area contributed by atoms with Crippen LogP contribution in [0.4, 0.5) is 0 Å². The number of rotatable bonds is 2. The number of thiophene rings is 1. The molecule has 80 valence electrons. The third-order valence-electron chi connectivity index (χ3n) is 1.99. The maximum atomic E-state index is 11.6. The normalized spacial score (nSPS) is 20.3. The Morgan fingerprint density at radius 3 is 3.00 bits per heavy atom. The largest absolute Gasteiger partial charge is 0.354 e. The van der Waals surface area contributed by atoms with Gasteiger partial charge in [-0.25, -0.2) is 4.99 Å². The first-order chi connectivity index (χ1) is 7.16. The summed E-state index contributed by atoms with van der Waals surface area (Å²) in [7, 11) is 0. The van der Waals surface area contributed by atoms with Crippen molar-refractivity contribution in [1.29, 1.82) is 0 Å². The molecule has 0 saturated carbocycles. The topological polar surface area (TPSA) is 53.5 Å². The minimum Gasteiger partial charge on any atom is -0.354 e. The molecular formula is C10H13N3OS. The predicted molar refractivity (Wildman–Crippen MR) is 60.9 cm³/mol. The van der Waals surface area contributed by atoms with Gasteiger partial charge >= 0.3 is 0 Å². The minimum absolute atomic E-state index is 0.0550. The number of guanidine groups is 1. The fraction of sp³-hybridized carbons (Fsp3) is 0.400. The summed E-state index contributed by atoms with van der Waals surface area (Å²) in [6.45, 7) is 4.01. The van der Waals surface area contributed by atoms with Crippen LogP contribution in [-0.2, 0) is 4.79 Å². The lowest BCUT2D eigenvalue weighted by atomic mass is 10.2. The van der Waals surface area contributed by atoms with E-state index in [1.54, 1.807) is 11.3 Å². The van der Waals surface area contributed by atoms with Crippen molar-refractivity contribution in [3.63, 3.8) is 0 Å². The molecule has 0 radical (unpaired) electrons. The average molecular weight is 223 g/mol. The Morgan fingerprint density at radius 1 is 1.60 bits per heavy atom. The molecule has 5 heteroatoms. The molecule has 1 aromatic rings. The third kappa shape index (κ3) is 2.18. The number of aliphatic imine (C=N–C) groups is 1. The van der Waals surface area contributed by atoms with Crippen molar-refractivity contribution in [3.05, 3.63) is 22.4 Å². The van der Waals surface area contributed by atoms with Gasteiger partial charge in [-0.2, -0.15) is 0 Å². The summed E-state index contributed by atoms with van der Waals surface area (Å²) in [5, 5.41) is 7.77. The van der Waals surface area contributed by atoms with Crippen LogP contribution in [0.1, 0.15) is 24.8 Å². The van der Waals surface area contributed by atoms with Crippen molar-refractivity contribution in [2.75, 3.05) is 0 Å². The molecule has 2 heterocycles. The SMILES string of the molecule is CC(C)NC1=NC(c2cccs2)C(=O)N1. The molecule has 1 amide bonds. The highest BCUT2D eigenvalue weighted by Crippen LogP contribution is 2.25. The monoisotopic (exact) mass is 223 g/mol. The Morgan fingerprint density at radius 2 is 2.40 bits per heavy atom. The highest BCUT2D eigenvalue weighted by atomic mass is 32.1. The summed E-state index contributed by atoms with van der Waals surface area (Å²) in [6, 6.07) is 3.75. The van der Waals surface area contributed by atoms with E-state index in [9.17, 15) is 4.79 Å². The maximum absolute atomic E-state index is 11.6. The molecule has 1 aromatic heterocycles. The zero-order valence-electron chi connectivity index (χ0n) is 8.65. The fourth-order valence-electron chi connectivity index (χ4n) is 1.39. The highest BCUT2D eigenvalue weighted by molar-refractivity contribution is 7.10. The van der Waals surface area contributed by atoms with Crippen LogP contribution in [0.3, 0.4) is 0 Å².